The number of anilines is 1. The van der Waals surface area contributed by atoms with Gasteiger partial charge < -0.3 is 30.3 Å². The van der Waals surface area contributed by atoms with Gasteiger partial charge >= 0.3 is 0 Å². The highest BCUT2D eigenvalue weighted by Crippen LogP contribution is 2.34. The van der Waals surface area contributed by atoms with Crippen LogP contribution < -0.4 is 15.4 Å². The van der Waals surface area contributed by atoms with Crippen LogP contribution in [0.3, 0.4) is 0 Å². The number of methoxy groups -OCH3 is 1. The molecular formula is C27H31N5O5S. The number of aliphatic hydroxyl groups excluding tert-OH is 2. The summed E-state index contributed by atoms with van der Waals surface area (Å²) in [4.78, 5) is 26.3. The molecule has 3 aromatic heterocycles. The van der Waals surface area contributed by atoms with E-state index in [0.29, 0.717) is 35.9 Å². The number of pyridine rings is 3. The fourth-order valence-corrected chi connectivity index (χ4v) is 5.59. The number of ether oxygens (including phenoxy) is 2. The zero-order valence-corrected chi connectivity index (χ0v) is 21.9. The molecule has 0 aromatic carbocycles. The molecule has 2 aliphatic heterocycles. The SMILES string of the molecule is C=C(c1ccnc2ccc(OC)nc12)[C@@H]1CC[C@@H](NCc2ccc3c(n2)NC(=O)CS3)[C@@H](CC(O)CO)O1. The van der Waals surface area contributed by atoms with Crippen LogP contribution in [0.5, 0.6) is 5.88 Å². The van der Waals surface area contributed by atoms with Crippen molar-refractivity contribution < 1.29 is 24.5 Å². The van der Waals surface area contributed by atoms with E-state index in [9.17, 15) is 15.0 Å². The van der Waals surface area contributed by atoms with Crippen molar-refractivity contribution in [1.82, 2.24) is 20.3 Å². The third-order valence-electron chi connectivity index (χ3n) is 6.82. The van der Waals surface area contributed by atoms with Gasteiger partial charge in [-0.1, -0.05) is 6.58 Å². The Kier molecular flexibility index (Phi) is 8.20. The lowest BCUT2D eigenvalue weighted by atomic mass is 9.89. The highest BCUT2D eigenvalue weighted by molar-refractivity contribution is 8.00. The minimum Gasteiger partial charge on any atom is -0.481 e. The number of amides is 1. The predicted octanol–water partition coefficient (Wildman–Crippen LogP) is 2.54. The van der Waals surface area contributed by atoms with Crippen LogP contribution >= 0.6 is 11.8 Å². The van der Waals surface area contributed by atoms with E-state index < -0.39 is 6.10 Å². The third kappa shape index (κ3) is 5.82. The lowest BCUT2D eigenvalue weighted by Crippen LogP contribution is -2.48. The van der Waals surface area contributed by atoms with Crippen molar-refractivity contribution in [3.05, 3.63) is 54.4 Å². The minimum atomic E-state index is -0.905. The van der Waals surface area contributed by atoms with E-state index >= 15 is 0 Å². The number of nitrogens with one attached hydrogen (secondary N) is 2. The Balaban J connectivity index is 1.31. The predicted molar refractivity (Wildman–Crippen MR) is 145 cm³/mol. The number of nitrogens with zero attached hydrogens (tertiary/aromatic N) is 3. The van der Waals surface area contributed by atoms with E-state index in [1.807, 2.05) is 24.3 Å². The topological polar surface area (TPSA) is 139 Å². The van der Waals surface area contributed by atoms with Gasteiger partial charge in [-0.15, -0.1) is 11.8 Å². The summed E-state index contributed by atoms with van der Waals surface area (Å²) in [6.07, 6.45) is 1.91. The van der Waals surface area contributed by atoms with Gasteiger partial charge in [0.25, 0.3) is 0 Å². The molecule has 1 amide bonds. The number of hydrogen-bond donors (Lipinski definition) is 4. The molecule has 0 aliphatic carbocycles. The number of fused-ring (bicyclic) bond motifs is 2. The number of aliphatic hydroxyl groups is 2. The maximum atomic E-state index is 11.7. The van der Waals surface area contributed by atoms with Crippen LogP contribution in [0.4, 0.5) is 5.82 Å². The van der Waals surface area contributed by atoms with Crippen LogP contribution in [0.25, 0.3) is 16.6 Å². The van der Waals surface area contributed by atoms with Gasteiger partial charge in [-0.25, -0.2) is 9.97 Å². The number of thioether (sulfide) groups is 1. The molecule has 0 bridgehead atoms. The Bertz CT molecular complexity index is 1340. The van der Waals surface area contributed by atoms with Gasteiger partial charge in [-0.05, 0) is 42.7 Å². The van der Waals surface area contributed by atoms with E-state index in [0.717, 1.165) is 33.7 Å². The van der Waals surface area contributed by atoms with Crippen molar-refractivity contribution in [2.45, 2.75) is 55.1 Å². The fraction of sp³-hybridized carbons (Fsp3) is 0.407. The van der Waals surface area contributed by atoms with Crippen LogP contribution in [0, 0.1) is 0 Å². The Morgan fingerprint density at radius 1 is 1.29 bits per heavy atom. The number of carbonyl (C=O) groups excluding carboxylic acids is 1. The number of rotatable bonds is 9. The van der Waals surface area contributed by atoms with Crippen molar-refractivity contribution in [1.29, 1.82) is 0 Å². The van der Waals surface area contributed by atoms with Gasteiger partial charge in [0.15, 0.2) is 0 Å². The lowest BCUT2D eigenvalue weighted by molar-refractivity contribution is -0.113. The number of hydrogen-bond acceptors (Lipinski definition) is 10. The summed E-state index contributed by atoms with van der Waals surface area (Å²) < 4.78 is 11.8. The van der Waals surface area contributed by atoms with E-state index in [2.05, 4.69) is 32.2 Å². The fourth-order valence-electron chi connectivity index (χ4n) is 4.84. The molecule has 38 heavy (non-hydrogen) atoms. The summed E-state index contributed by atoms with van der Waals surface area (Å²) in [5.41, 5.74) is 3.84. The molecule has 10 nitrogen and oxygen atoms in total. The van der Waals surface area contributed by atoms with Crippen LogP contribution in [0.1, 0.15) is 30.5 Å². The van der Waals surface area contributed by atoms with Crippen molar-refractivity contribution >= 4 is 40.1 Å². The zero-order valence-electron chi connectivity index (χ0n) is 21.1. The second-order valence-electron chi connectivity index (χ2n) is 9.39. The molecule has 2 aliphatic rings. The molecule has 1 unspecified atom stereocenters. The van der Waals surface area contributed by atoms with Gasteiger partial charge in [0.1, 0.15) is 11.3 Å². The summed E-state index contributed by atoms with van der Waals surface area (Å²) in [6.45, 7) is 4.46. The third-order valence-corrected chi connectivity index (χ3v) is 7.87. The molecule has 1 saturated heterocycles. The first kappa shape index (κ1) is 26.5. The first-order chi connectivity index (χ1) is 18.4. The summed E-state index contributed by atoms with van der Waals surface area (Å²) in [5, 5.41) is 26.1. The second kappa shape index (κ2) is 11.7. The largest absolute Gasteiger partial charge is 0.481 e. The van der Waals surface area contributed by atoms with Gasteiger partial charge in [0.2, 0.25) is 11.8 Å². The van der Waals surface area contributed by atoms with Crippen LogP contribution in [-0.4, -0.2) is 74.9 Å². The molecular weight excluding hydrogens is 506 g/mol. The van der Waals surface area contributed by atoms with Crippen molar-refractivity contribution in [3.63, 3.8) is 0 Å². The average molecular weight is 538 g/mol. The normalized spacial score (nSPS) is 22.0. The van der Waals surface area contributed by atoms with Crippen LogP contribution in [0.15, 0.2) is 48.0 Å². The Morgan fingerprint density at radius 2 is 2.16 bits per heavy atom. The van der Waals surface area contributed by atoms with Gasteiger partial charge in [-0.2, -0.15) is 0 Å². The summed E-state index contributed by atoms with van der Waals surface area (Å²) in [5.74, 6) is 1.42. The number of carbonyl (C=O) groups is 1. The zero-order chi connectivity index (χ0) is 26.6. The molecule has 0 radical (unpaired) electrons. The van der Waals surface area contributed by atoms with E-state index in [-0.39, 0.29) is 37.2 Å². The highest BCUT2D eigenvalue weighted by atomic mass is 32.2. The highest BCUT2D eigenvalue weighted by Gasteiger charge is 2.34. The maximum absolute atomic E-state index is 11.7. The molecule has 4 N–H and O–H groups in total. The standard InChI is InChI=1S/C27H31N5O5S/c1-15(18-9-10-28-20-5-8-25(36-2)32-26(18)20)21-6-4-19(22(37-21)11-17(34)13-33)29-12-16-3-7-23-27(30-16)31-24(35)14-38-23/h3,5,7-10,17,19,21-22,29,33-34H,1,4,6,11-14H2,2H3,(H,30,31,35)/t17?,19-,21+,22-/m1/s1. The minimum absolute atomic E-state index is 0.0549. The summed E-state index contributed by atoms with van der Waals surface area (Å²) in [7, 11) is 1.57. The van der Waals surface area contributed by atoms with E-state index in [1.54, 1.807) is 19.4 Å². The Hall–Kier alpha value is -3.09. The molecule has 4 atom stereocenters. The van der Waals surface area contributed by atoms with Crippen LogP contribution in [0.2, 0.25) is 0 Å². The van der Waals surface area contributed by atoms with Crippen molar-refractivity contribution in [2.75, 3.05) is 24.8 Å². The Labute approximate surface area is 224 Å². The van der Waals surface area contributed by atoms with Gasteiger partial charge in [-0.3, -0.25) is 9.78 Å². The molecule has 1 fully saturated rings. The van der Waals surface area contributed by atoms with Crippen molar-refractivity contribution in [3.8, 4) is 5.88 Å². The van der Waals surface area contributed by atoms with Gasteiger partial charge in [0.05, 0.1) is 53.9 Å². The first-order valence-electron chi connectivity index (χ1n) is 12.5. The Morgan fingerprint density at radius 3 is 2.97 bits per heavy atom. The summed E-state index contributed by atoms with van der Waals surface area (Å²) in [6, 6.07) is 9.34. The van der Waals surface area contributed by atoms with E-state index in [4.69, 9.17) is 9.47 Å². The molecule has 200 valence electrons. The molecule has 5 rings (SSSR count). The monoisotopic (exact) mass is 537 g/mol. The maximum Gasteiger partial charge on any atom is 0.235 e. The second-order valence-corrected chi connectivity index (χ2v) is 10.4. The van der Waals surface area contributed by atoms with Crippen molar-refractivity contribution in [2.24, 2.45) is 0 Å². The molecule has 5 heterocycles. The molecule has 0 saturated carbocycles. The number of aromatic nitrogens is 3. The van der Waals surface area contributed by atoms with Crippen LogP contribution in [-0.2, 0) is 16.1 Å². The molecule has 0 spiro atoms. The summed E-state index contributed by atoms with van der Waals surface area (Å²) >= 11 is 1.47. The molecule has 3 aromatic rings. The first-order valence-corrected chi connectivity index (χ1v) is 13.5. The smallest absolute Gasteiger partial charge is 0.235 e. The quantitative estimate of drug-likeness (QED) is 0.322. The lowest BCUT2D eigenvalue weighted by Gasteiger charge is -2.39. The average Bonchev–Trinajstić information content (AvgIpc) is 2.95. The van der Waals surface area contributed by atoms with Gasteiger partial charge in [0, 0.05) is 36.8 Å². The van der Waals surface area contributed by atoms with E-state index in [1.165, 1.54) is 11.8 Å². The molecule has 11 heteroatoms.